The zero-order valence-electron chi connectivity index (χ0n) is 9.92. The summed E-state index contributed by atoms with van der Waals surface area (Å²) in [5, 5.41) is 15.3. The van der Waals surface area contributed by atoms with E-state index < -0.39 is 0 Å². The average Bonchev–Trinajstić information content (AvgIpc) is 2.77. The highest BCUT2D eigenvalue weighted by Crippen LogP contribution is 2.12. The lowest BCUT2D eigenvalue weighted by Crippen LogP contribution is -2.04. The number of rotatable bonds is 5. The quantitative estimate of drug-likeness (QED) is 0.845. The Balaban J connectivity index is 1.98. The van der Waals surface area contributed by atoms with Crippen molar-refractivity contribution in [3.05, 3.63) is 30.2 Å². The van der Waals surface area contributed by atoms with Crippen LogP contribution in [-0.2, 0) is 11.3 Å². The summed E-state index contributed by atoms with van der Waals surface area (Å²) in [7, 11) is 1.67. The zero-order chi connectivity index (χ0) is 12.1. The Morgan fingerprint density at radius 2 is 2.24 bits per heavy atom. The molecule has 0 bridgehead atoms. The molecule has 0 atom stereocenters. The summed E-state index contributed by atoms with van der Waals surface area (Å²) in [5.74, 6) is 0.710. The van der Waals surface area contributed by atoms with Crippen LogP contribution in [0.4, 0.5) is 11.5 Å². The van der Waals surface area contributed by atoms with Gasteiger partial charge in [0.05, 0.1) is 30.7 Å². The molecule has 2 aromatic rings. The van der Waals surface area contributed by atoms with Gasteiger partial charge < -0.3 is 10.1 Å². The van der Waals surface area contributed by atoms with E-state index >= 15 is 0 Å². The van der Waals surface area contributed by atoms with Crippen LogP contribution < -0.4 is 5.32 Å². The number of hydrogen-bond acceptors (Lipinski definition) is 5. The van der Waals surface area contributed by atoms with Gasteiger partial charge in [-0.15, -0.1) is 5.10 Å². The Labute approximate surface area is 99.6 Å². The molecular weight excluding hydrogens is 218 g/mol. The fourth-order valence-electron chi connectivity index (χ4n) is 1.35. The van der Waals surface area contributed by atoms with Gasteiger partial charge in [0, 0.05) is 13.3 Å². The van der Waals surface area contributed by atoms with Gasteiger partial charge in [-0.2, -0.15) is 10.2 Å². The van der Waals surface area contributed by atoms with Crippen molar-refractivity contribution in [2.75, 3.05) is 19.0 Å². The molecule has 0 unspecified atom stereocenters. The van der Waals surface area contributed by atoms with Crippen LogP contribution in [0.15, 0.2) is 24.5 Å². The Morgan fingerprint density at radius 1 is 1.35 bits per heavy atom. The summed E-state index contributed by atoms with van der Waals surface area (Å²) in [6.07, 6.45) is 3.65. The topological polar surface area (TPSA) is 64.9 Å². The van der Waals surface area contributed by atoms with Gasteiger partial charge in [-0.3, -0.25) is 4.68 Å². The number of nitrogens with zero attached hydrogens (tertiary/aromatic N) is 4. The molecule has 6 heteroatoms. The molecular formula is C11H15N5O. The molecule has 0 aromatic carbocycles. The van der Waals surface area contributed by atoms with Gasteiger partial charge in [0.25, 0.3) is 0 Å². The summed E-state index contributed by atoms with van der Waals surface area (Å²) < 4.78 is 6.80. The molecule has 0 aliphatic rings. The molecule has 90 valence electrons. The van der Waals surface area contributed by atoms with Crippen molar-refractivity contribution in [1.82, 2.24) is 20.0 Å². The fourth-order valence-corrected chi connectivity index (χ4v) is 1.35. The number of methoxy groups -OCH3 is 1. The fraction of sp³-hybridized carbons (Fsp3) is 0.364. The smallest absolute Gasteiger partial charge is 0.153 e. The van der Waals surface area contributed by atoms with Crippen LogP contribution in [0.1, 0.15) is 5.69 Å². The molecule has 2 heterocycles. The van der Waals surface area contributed by atoms with Crippen LogP contribution in [-0.4, -0.2) is 33.7 Å². The van der Waals surface area contributed by atoms with Crippen LogP contribution >= 0.6 is 0 Å². The average molecular weight is 233 g/mol. The van der Waals surface area contributed by atoms with Gasteiger partial charge in [-0.25, -0.2) is 0 Å². The minimum absolute atomic E-state index is 0.644. The molecule has 1 N–H and O–H groups in total. The standard InChI is InChI=1S/C11H15N5O/c1-9-3-4-11(15-14-9)13-10-7-12-16(8-10)5-6-17-2/h3-4,7-8H,5-6H2,1-2H3,(H,13,15). The van der Waals surface area contributed by atoms with Gasteiger partial charge in [-0.05, 0) is 19.1 Å². The Hall–Kier alpha value is -1.95. The van der Waals surface area contributed by atoms with Gasteiger partial charge in [-0.1, -0.05) is 0 Å². The lowest BCUT2D eigenvalue weighted by molar-refractivity contribution is 0.183. The maximum absolute atomic E-state index is 4.98. The Kier molecular flexibility index (Phi) is 3.66. The largest absolute Gasteiger partial charge is 0.383 e. The highest BCUT2D eigenvalue weighted by atomic mass is 16.5. The second-order valence-electron chi connectivity index (χ2n) is 3.67. The van der Waals surface area contributed by atoms with Crippen molar-refractivity contribution in [2.45, 2.75) is 13.5 Å². The number of aromatic nitrogens is 4. The third-order valence-corrected chi connectivity index (χ3v) is 2.23. The van der Waals surface area contributed by atoms with Crippen molar-refractivity contribution >= 4 is 11.5 Å². The highest BCUT2D eigenvalue weighted by molar-refractivity contribution is 5.53. The molecule has 2 rings (SSSR count). The molecule has 6 nitrogen and oxygen atoms in total. The van der Waals surface area contributed by atoms with Crippen molar-refractivity contribution in [1.29, 1.82) is 0 Å². The van der Waals surface area contributed by atoms with Gasteiger partial charge in [0.1, 0.15) is 0 Å². The van der Waals surface area contributed by atoms with Crippen LogP contribution in [0.25, 0.3) is 0 Å². The molecule has 2 aromatic heterocycles. The summed E-state index contributed by atoms with van der Waals surface area (Å²) in [4.78, 5) is 0. The monoisotopic (exact) mass is 233 g/mol. The maximum Gasteiger partial charge on any atom is 0.153 e. The second kappa shape index (κ2) is 5.40. The van der Waals surface area contributed by atoms with Gasteiger partial charge in [0.15, 0.2) is 5.82 Å². The maximum atomic E-state index is 4.98. The summed E-state index contributed by atoms with van der Waals surface area (Å²) in [6, 6.07) is 3.79. The predicted molar refractivity (Wildman–Crippen MR) is 64.2 cm³/mol. The number of hydrogen-bond donors (Lipinski definition) is 1. The van der Waals surface area contributed by atoms with E-state index in [2.05, 4.69) is 20.6 Å². The van der Waals surface area contributed by atoms with E-state index in [1.54, 1.807) is 13.3 Å². The molecule has 0 amide bonds. The molecule has 17 heavy (non-hydrogen) atoms. The van der Waals surface area contributed by atoms with E-state index in [4.69, 9.17) is 4.74 Å². The van der Waals surface area contributed by atoms with Gasteiger partial charge in [0.2, 0.25) is 0 Å². The molecule has 0 saturated heterocycles. The van der Waals surface area contributed by atoms with Crippen LogP contribution in [0, 0.1) is 6.92 Å². The SMILES string of the molecule is COCCn1cc(Nc2ccc(C)nn2)cn1. The Morgan fingerprint density at radius 3 is 2.94 bits per heavy atom. The van der Waals surface area contributed by atoms with E-state index in [1.165, 1.54) is 0 Å². The third-order valence-electron chi connectivity index (χ3n) is 2.23. The minimum Gasteiger partial charge on any atom is -0.383 e. The van der Waals surface area contributed by atoms with E-state index in [0.717, 1.165) is 17.9 Å². The molecule has 0 aliphatic carbocycles. The summed E-state index contributed by atoms with van der Waals surface area (Å²) in [5.41, 5.74) is 1.78. The first-order valence-electron chi connectivity index (χ1n) is 5.36. The third kappa shape index (κ3) is 3.25. The zero-order valence-corrected chi connectivity index (χ0v) is 9.92. The first kappa shape index (κ1) is 11.5. The molecule has 0 aliphatic heterocycles. The van der Waals surface area contributed by atoms with Gasteiger partial charge >= 0.3 is 0 Å². The number of nitrogens with one attached hydrogen (secondary N) is 1. The highest BCUT2D eigenvalue weighted by Gasteiger charge is 2.00. The first-order valence-corrected chi connectivity index (χ1v) is 5.36. The molecule has 0 saturated carbocycles. The second-order valence-corrected chi connectivity index (χ2v) is 3.67. The van der Waals surface area contributed by atoms with E-state index in [0.29, 0.717) is 12.4 Å². The first-order chi connectivity index (χ1) is 8.28. The lowest BCUT2D eigenvalue weighted by atomic mass is 10.4. The number of aryl methyl sites for hydroxylation is 1. The number of ether oxygens (including phenoxy) is 1. The van der Waals surface area contributed by atoms with Crippen LogP contribution in [0.5, 0.6) is 0 Å². The normalized spacial score (nSPS) is 10.5. The minimum atomic E-state index is 0.644. The van der Waals surface area contributed by atoms with E-state index in [1.807, 2.05) is 29.9 Å². The van der Waals surface area contributed by atoms with E-state index in [9.17, 15) is 0 Å². The van der Waals surface area contributed by atoms with Crippen molar-refractivity contribution in [2.24, 2.45) is 0 Å². The lowest BCUT2D eigenvalue weighted by Gasteiger charge is -2.01. The van der Waals surface area contributed by atoms with Crippen molar-refractivity contribution in [3.63, 3.8) is 0 Å². The van der Waals surface area contributed by atoms with Crippen LogP contribution in [0.2, 0.25) is 0 Å². The van der Waals surface area contributed by atoms with Crippen molar-refractivity contribution in [3.8, 4) is 0 Å². The Bertz CT molecular complexity index is 465. The number of anilines is 2. The van der Waals surface area contributed by atoms with Crippen molar-refractivity contribution < 1.29 is 4.74 Å². The molecule has 0 spiro atoms. The predicted octanol–water partition coefficient (Wildman–Crippen LogP) is 1.37. The summed E-state index contributed by atoms with van der Waals surface area (Å²) >= 11 is 0. The molecule has 0 radical (unpaired) electrons. The van der Waals surface area contributed by atoms with E-state index in [-0.39, 0.29) is 0 Å². The molecule has 0 fully saturated rings. The van der Waals surface area contributed by atoms with Crippen LogP contribution in [0.3, 0.4) is 0 Å². The summed E-state index contributed by atoms with van der Waals surface area (Å²) in [6.45, 7) is 3.28.